The third-order valence-corrected chi connectivity index (χ3v) is 3.53. The lowest BCUT2D eigenvalue weighted by Crippen LogP contribution is -2.06. The van der Waals surface area contributed by atoms with Crippen LogP contribution in [-0.2, 0) is 6.54 Å². The van der Waals surface area contributed by atoms with Crippen molar-refractivity contribution >= 4 is 6.29 Å². The molecule has 1 aliphatic carbocycles. The lowest BCUT2D eigenvalue weighted by Gasteiger charge is -2.03. The smallest absolute Gasteiger partial charge is 0.168 e. The van der Waals surface area contributed by atoms with Crippen molar-refractivity contribution in [1.29, 1.82) is 0 Å². The van der Waals surface area contributed by atoms with E-state index >= 15 is 0 Å². The minimum Gasteiger partial charge on any atom is -0.296 e. The highest BCUT2D eigenvalue weighted by atomic mass is 16.1. The van der Waals surface area contributed by atoms with Crippen molar-refractivity contribution in [2.45, 2.75) is 46.1 Å². The second kappa shape index (κ2) is 6.51. The minimum absolute atomic E-state index is 0.584. The summed E-state index contributed by atoms with van der Waals surface area (Å²) in [5.74, 6) is 0.584. The summed E-state index contributed by atoms with van der Waals surface area (Å²) in [6, 6.07) is 10.1. The molecule has 0 radical (unpaired) electrons. The summed E-state index contributed by atoms with van der Waals surface area (Å²) in [5.41, 5.74) is 4.07. The molecule has 1 saturated carbocycles. The minimum atomic E-state index is 0.584. The van der Waals surface area contributed by atoms with E-state index in [1.165, 1.54) is 18.4 Å². The maximum absolute atomic E-state index is 11.2. The highest BCUT2D eigenvalue weighted by Crippen LogP contribution is 2.41. The Morgan fingerprint density at radius 3 is 2.45 bits per heavy atom. The molecular formula is C17H22N2O. The molecule has 1 fully saturated rings. The standard InChI is InChI=1S/C15H16N2O.C2H6/c1-11-14(10-18)17(16-15(11)13-7-8-13)9-12-5-3-2-4-6-12;1-2/h2-6,10,13H,7-9H2,1H3;1-2H3. The second-order valence-electron chi connectivity index (χ2n) is 4.93. The van der Waals surface area contributed by atoms with E-state index in [9.17, 15) is 4.79 Å². The van der Waals surface area contributed by atoms with Gasteiger partial charge in [0.2, 0.25) is 0 Å². The largest absolute Gasteiger partial charge is 0.296 e. The van der Waals surface area contributed by atoms with Crippen molar-refractivity contribution in [3.8, 4) is 0 Å². The van der Waals surface area contributed by atoms with Crippen LogP contribution >= 0.6 is 0 Å². The summed E-state index contributed by atoms with van der Waals surface area (Å²) in [7, 11) is 0. The van der Waals surface area contributed by atoms with E-state index in [2.05, 4.69) is 17.2 Å². The van der Waals surface area contributed by atoms with Crippen LogP contribution in [0, 0.1) is 6.92 Å². The van der Waals surface area contributed by atoms with E-state index < -0.39 is 0 Å². The van der Waals surface area contributed by atoms with E-state index in [1.807, 2.05) is 43.7 Å². The molecule has 0 unspecified atom stereocenters. The number of nitrogens with zero attached hydrogens (tertiary/aromatic N) is 2. The molecule has 1 heterocycles. The van der Waals surface area contributed by atoms with Crippen molar-refractivity contribution in [1.82, 2.24) is 9.78 Å². The molecule has 3 rings (SSSR count). The van der Waals surface area contributed by atoms with Crippen LogP contribution in [0.5, 0.6) is 0 Å². The number of aromatic nitrogens is 2. The van der Waals surface area contributed by atoms with Crippen LogP contribution in [-0.4, -0.2) is 16.1 Å². The van der Waals surface area contributed by atoms with Crippen LogP contribution in [0.4, 0.5) is 0 Å². The fourth-order valence-corrected chi connectivity index (χ4v) is 2.35. The van der Waals surface area contributed by atoms with Crippen LogP contribution in [0.15, 0.2) is 30.3 Å². The molecule has 0 bridgehead atoms. The first-order valence-corrected chi connectivity index (χ1v) is 7.36. The van der Waals surface area contributed by atoms with Crippen molar-refractivity contribution < 1.29 is 4.79 Å². The summed E-state index contributed by atoms with van der Waals surface area (Å²) in [6.07, 6.45) is 3.35. The van der Waals surface area contributed by atoms with Gasteiger partial charge >= 0.3 is 0 Å². The first-order valence-electron chi connectivity index (χ1n) is 7.36. The van der Waals surface area contributed by atoms with Gasteiger partial charge < -0.3 is 0 Å². The summed E-state index contributed by atoms with van der Waals surface area (Å²) < 4.78 is 1.84. The molecule has 2 aromatic rings. The van der Waals surface area contributed by atoms with Gasteiger partial charge in [-0.2, -0.15) is 5.10 Å². The molecular weight excluding hydrogens is 248 g/mol. The van der Waals surface area contributed by atoms with E-state index in [0.717, 1.165) is 23.2 Å². The maximum Gasteiger partial charge on any atom is 0.168 e. The third kappa shape index (κ3) is 2.98. The molecule has 1 aromatic heterocycles. The molecule has 0 saturated heterocycles. The zero-order valence-electron chi connectivity index (χ0n) is 12.5. The van der Waals surface area contributed by atoms with Crippen LogP contribution in [0.3, 0.4) is 0 Å². The fourth-order valence-electron chi connectivity index (χ4n) is 2.35. The Labute approximate surface area is 120 Å². The predicted octanol–water partition coefficient (Wildman–Crippen LogP) is 3.96. The summed E-state index contributed by atoms with van der Waals surface area (Å²) in [4.78, 5) is 11.2. The van der Waals surface area contributed by atoms with Gasteiger partial charge in [0.15, 0.2) is 6.29 Å². The molecule has 0 N–H and O–H groups in total. The molecule has 0 atom stereocenters. The Morgan fingerprint density at radius 2 is 1.90 bits per heavy atom. The zero-order valence-corrected chi connectivity index (χ0v) is 12.5. The molecule has 3 nitrogen and oxygen atoms in total. The lowest BCUT2D eigenvalue weighted by molar-refractivity contribution is 0.111. The van der Waals surface area contributed by atoms with Gasteiger partial charge in [-0.1, -0.05) is 44.2 Å². The molecule has 106 valence electrons. The SMILES string of the molecule is CC.Cc1c(C2CC2)nn(Cc2ccccc2)c1C=O. The molecule has 20 heavy (non-hydrogen) atoms. The molecule has 1 aliphatic rings. The van der Waals surface area contributed by atoms with Crippen LogP contribution in [0.25, 0.3) is 0 Å². The van der Waals surface area contributed by atoms with Gasteiger partial charge in [-0.15, -0.1) is 0 Å². The van der Waals surface area contributed by atoms with Gasteiger partial charge in [0, 0.05) is 11.5 Å². The first-order chi connectivity index (χ1) is 9.79. The first kappa shape index (κ1) is 14.5. The number of rotatable bonds is 4. The predicted molar refractivity (Wildman–Crippen MR) is 81.2 cm³/mol. The average molecular weight is 270 g/mol. The summed E-state index contributed by atoms with van der Waals surface area (Å²) >= 11 is 0. The summed E-state index contributed by atoms with van der Waals surface area (Å²) in [6.45, 7) is 6.67. The molecule has 1 aromatic carbocycles. The van der Waals surface area contributed by atoms with Gasteiger partial charge in [-0.05, 0) is 25.3 Å². The Bertz CT molecular complexity index is 568. The number of benzene rings is 1. The van der Waals surface area contributed by atoms with Gasteiger partial charge in [0.25, 0.3) is 0 Å². The third-order valence-electron chi connectivity index (χ3n) is 3.53. The Kier molecular flexibility index (Phi) is 4.72. The average Bonchev–Trinajstić information content (AvgIpc) is 3.28. The van der Waals surface area contributed by atoms with Gasteiger partial charge in [0.05, 0.1) is 12.2 Å². The zero-order chi connectivity index (χ0) is 14.5. The molecule has 0 amide bonds. The normalized spacial score (nSPS) is 13.6. The van der Waals surface area contributed by atoms with Crippen molar-refractivity contribution in [2.24, 2.45) is 0 Å². The Balaban J connectivity index is 0.000000704. The number of carbonyl (C=O) groups excluding carboxylic acids is 1. The van der Waals surface area contributed by atoms with Crippen molar-refractivity contribution in [3.63, 3.8) is 0 Å². The molecule has 0 aliphatic heterocycles. The summed E-state index contributed by atoms with van der Waals surface area (Å²) in [5, 5.41) is 4.62. The number of hydrogen-bond donors (Lipinski definition) is 0. The number of hydrogen-bond acceptors (Lipinski definition) is 2. The quantitative estimate of drug-likeness (QED) is 0.788. The Hall–Kier alpha value is -1.90. The van der Waals surface area contributed by atoms with Crippen molar-refractivity contribution in [2.75, 3.05) is 0 Å². The number of aldehydes is 1. The second-order valence-corrected chi connectivity index (χ2v) is 4.93. The lowest BCUT2D eigenvalue weighted by atomic mass is 10.1. The van der Waals surface area contributed by atoms with E-state index in [-0.39, 0.29) is 0 Å². The van der Waals surface area contributed by atoms with Crippen LogP contribution < -0.4 is 0 Å². The fraction of sp³-hybridized carbons (Fsp3) is 0.412. The highest BCUT2D eigenvalue weighted by molar-refractivity contribution is 5.75. The van der Waals surface area contributed by atoms with Crippen molar-refractivity contribution in [3.05, 3.63) is 52.8 Å². The van der Waals surface area contributed by atoms with Gasteiger partial charge in [0.1, 0.15) is 5.69 Å². The van der Waals surface area contributed by atoms with Gasteiger partial charge in [-0.3, -0.25) is 9.48 Å². The monoisotopic (exact) mass is 270 g/mol. The van der Waals surface area contributed by atoms with Crippen LogP contribution in [0.1, 0.15) is 59.9 Å². The van der Waals surface area contributed by atoms with Crippen LogP contribution in [0.2, 0.25) is 0 Å². The Morgan fingerprint density at radius 1 is 1.25 bits per heavy atom. The van der Waals surface area contributed by atoms with E-state index in [0.29, 0.717) is 12.5 Å². The van der Waals surface area contributed by atoms with E-state index in [4.69, 9.17) is 0 Å². The molecule has 0 spiro atoms. The number of carbonyl (C=O) groups is 1. The maximum atomic E-state index is 11.2. The van der Waals surface area contributed by atoms with E-state index in [1.54, 1.807) is 0 Å². The molecule has 3 heteroatoms. The highest BCUT2D eigenvalue weighted by Gasteiger charge is 2.29. The van der Waals surface area contributed by atoms with Gasteiger partial charge in [-0.25, -0.2) is 0 Å². The topological polar surface area (TPSA) is 34.9 Å².